The minimum atomic E-state index is 0. The van der Waals surface area contributed by atoms with Crippen molar-refractivity contribution >= 4 is 0 Å². The molecule has 1 heteroatoms. The molecule has 0 nitrogen and oxygen atoms in total. The van der Waals surface area contributed by atoms with Crippen LogP contribution in [0.4, 0.5) is 0 Å². The van der Waals surface area contributed by atoms with Gasteiger partial charge >= 0.3 is 18.6 Å². The van der Waals surface area contributed by atoms with Crippen LogP contribution in [0.5, 0.6) is 0 Å². The van der Waals surface area contributed by atoms with Gasteiger partial charge in [-0.3, -0.25) is 0 Å². The quantitative estimate of drug-likeness (QED) is 0.594. The molecule has 0 aromatic rings. The van der Waals surface area contributed by atoms with Crippen molar-refractivity contribution in [2.45, 2.75) is 53.9 Å². The molecule has 0 saturated heterocycles. The normalized spacial score (nSPS) is 11.5. The third-order valence-corrected chi connectivity index (χ3v) is 2.34. The first-order valence-electron chi connectivity index (χ1n) is 4.33. The largest absolute Gasteiger partial charge is 2.00 e. The average Bonchev–Trinajstić information content (AvgIpc) is 1.87. The van der Waals surface area contributed by atoms with Crippen LogP contribution in [0.1, 0.15) is 53.9 Å². The number of hydrogen-bond acceptors (Lipinski definition) is 0. The van der Waals surface area contributed by atoms with Gasteiger partial charge in [0, 0.05) is 0 Å². The van der Waals surface area contributed by atoms with E-state index in [1.807, 2.05) is 0 Å². The third-order valence-electron chi connectivity index (χ3n) is 2.34. The fourth-order valence-electron chi connectivity index (χ4n) is 1.07. The Balaban J connectivity index is 0. The van der Waals surface area contributed by atoms with Gasteiger partial charge in [0.05, 0.1) is 0 Å². The van der Waals surface area contributed by atoms with Gasteiger partial charge in [0.1, 0.15) is 0 Å². The van der Waals surface area contributed by atoms with Crippen molar-refractivity contribution in [3.8, 4) is 0 Å². The van der Waals surface area contributed by atoms with Crippen LogP contribution in [0.3, 0.4) is 0 Å². The molecule has 0 atom stereocenters. The Labute approximate surface area is 84.0 Å². The Morgan fingerprint density at radius 1 is 1.18 bits per heavy atom. The molecule has 0 aliphatic rings. The summed E-state index contributed by atoms with van der Waals surface area (Å²) in [5.41, 5.74) is 0.528. The van der Waals surface area contributed by atoms with Crippen LogP contribution in [-0.4, -0.2) is 0 Å². The van der Waals surface area contributed by atoms with Crippen molar-refractivity contribution in [2.24, 2.45) is 5.41 Å². The third kappa shape index (κ3) is 6.96. The van der Waals surface area contributed by atoms with E-state index in [0.29, 0.717) is 5.41 Å². The Morgan fingerprint density at radius 3 is 1.91 bits per heavy atom. The monoisotopic (exact) mass is 192 g/mol. The molecular formula is C10H21V+. The second-order valence-corrected chi connectivity index (χ2v) is 4.01. The second kappa shape index (κ2) is 6.14. The standard InChI is InChI=1S/C10H21.V/c1-6-9(3)8-10(4,5)7-2;/h6-8H2,1-5H3;/q-1;+2. The molecule has 11 heavy (non-hydrogen) atoms. The first kappa shape index (κ1) is 14.1. The smallest absolute Gasteiger partial charge is 0.316 e. The summed E-state index contributed by atoms with van der Waals surface area (Å²) in [6.45, 7) is 11.4. The first-order valence-corrected chi connectivity index (χ1v) is 4.33. The molecule has 0 fully saturated rings. The molecule has 0 aromatic heterocycles. The summed E-state index contributed by atoms with van der Waals surface area (Å²) in [5, 5.41) is 0. The van der Waals surface area contributed by atoms with Crippen LogP contribution in [0.2, 0.25) is 0 Å². The van der Waals surface area contributed by atoms with E-state index in [1.54, 1.807) is 5.92 Å². The molecule has 0 aliphatic carbocycles. The van der Waals surface area contributed by atoms with Crippen LogP contribution in [0, 0.1) is 11.3 Å². The van der Waals surface area contributed by atoms with Gasteiger partial charge in [-0.2, -0.15) is 19.8 Å². The number of rotatable bonds is 4. The molecule has 0 amide bonds. The maximum atomic E-state index is 2.34. The van der Waals surface area contributed by atoms with Gasteiger partial charge in [0.25, 0.3) is 0 Å². The van der Waals surface area contributed by atoms with Crippen molar-refractivity contribution in [1.29, 1.82) is 0 Å². The molecular weight excluding hydrogens is 171 g/mol. The summed E-state index contributed by atoms with van der Waals surface area (Å²) in [6.07, 6.45) is 3.81. The molecule has 0 unspecified atom stereocenters. The van der Waals surface area contributed by atoms with Gasteiger partial charge in [-0.15, -0.1) is 0 Å². The van der Waals surface area contributed by atoms with Gasteiger partial charge < -0.3 is 5.92 Å². The minimum absolute atomic E-state index is 0. The van der Waals surface area contributed by atoms with Crippen molar-refractivity contribution in [3.05, 3.63) is 5.92 Å². The Bertz CT molecular complexity index is 86.9. The SMILES string of the molecule is CC[C-](C)CC(C)(C)CC.[V+2]. The molecule has 0 N–H and O–H groups in total. The van der Waals surface area contributed by atoms with E-state index in [2.05, 4.69) is 34.6 Å². The Kier molecular flexibility index (Phi) is 7.89. The zero-order valence-electron chi connectivity index (χ0n) is 8.57. The van der Waals surface area contributed by atoms with Gasteiger partial charge in [0.15, 0.2) is 0 Å². The van der Waals surface area contributed by atoms with Crippen molar-refractivity contribution in [3.63, 3.8) is 0 Å². The van der Waals surface area contributed by atoms with Gasteiger partial charge in [-0.1, -0.05) is 39.5 Å². The van der Waals surface area contributed by atoms with E-state index < -0.39 is 0 Å². The first-order chi connectivity index (χ1) is 4.52. The van der Waals surface area contributed by atoms with Crippen molar-refractivity contribution < 1.29 is 18.6 Å². The van der Waals surface area contributed by atoms with E-state index in [0.717, 1.165) is 0 Å². The molecule has 1 radical (unpaired) electrons. The van der Waals surface area contributed by atoms with Gasteiger partial charge in [-0.25, -0.2) is 0 Å². The topological polar surface area (TPSA) is 0 Å². The van der Waals surface area contributed by atoms with Gasteiger partial charge in [0.2, 0.25) is 0 Å². The maximum Gasteiger partial charge on any atom is 2.00 e. The number of hydrogen-bond donors (Lipinski definition) is 0. The van der Waals surface area contributed by atoms with Crippen LogP contribution in [-0.2, 0) is 18.6 Å². The van der Waals surface area contributed by atoms with E-state index in [1.165, 1.54) is 19.3 Å². The van der Waals surface area contributed by atoms with Gasteiger partial charge in [-0.05, 0) is 0 Å². The summed E-state index contributed by atoms with van der Waals surface area (Å²) >= 11 is 0. The predicted molar refractivity (Wildman–Crippen MR) is 47.9 cm³/mol. The summed E-state index contributed by atoms with van der Waals surface area (Å²) < 4.78 is 0. The van der Waals surface area contributed by atoms with Crippen molar-refractivity contribution in [1.82, 2.24) is 0 Å². The molecule has 0 aliphatic heterocycles. The molecule has 0 rings (SSSR count). The van der Waals surface area contributed by atoms with Crippen LogP contribution >= 0.6 is 0 Å². The van der Waals surface area contributed by atoms with Crippen molar-refractivity contribution in [2.75, 3.05) is 0 Å². The average molecular weight is 192 g/mol. The van der Waals surface area contributed by atoms with E-state index in [-0.39, 0.29) is 18.6 Å². The fourth-order valence-corrected chi connectivity index (χ4v) is 1.07. The zero-order chi connectivity index (χ0) is 8.20. The van der Waals surface area contributed by atoms with Crippen LogP contribution in [0.25, 0.3) is 0 Å². The van der Waals surface area contributed by atoms with Crippen LogP contribution < -0.4 is 0 Å². The summed E-state index contributed by atoms with van der Waals surface area (Å²) in [5.74, 6) is 1.63. The van der Waals surface area contributed by atoms with E-state index >= 15 is 0 Å². The molecule has 0 saturated carbocycles. The Morgan fingerprint density at radius 2 is 1.64 bits per heavy atom. The zero-order valence-corrected chi connectivity index (χ0v) is 9.97. The molecule has 0 bridgehead atoms. The van der Waals surface area contributed by atoms with Crippen LogP contribution in [0.15, 0.2) is 0 Å². The van der Waals surface area contributed by atoms with E-state index in [9.17, 15) is 0 Å². The molecule has 0 spiro atoms. The summed E-state index contributed by atoms with van der Waals surface area (Å²) in [7, 11) is 0. The summed E-state index contributed by atoms with van der Waals surface area (Å²) in [6, 6.07) is 0. The molecule has 0 aromatic carbocycles. The summed E-state index contributed by atoms with van der Waals surface area (Å²) in [4.78, 5) is 0. The second-order valence-electron chi connectivity index (χ2n) is 4.01. The predicted octanol–water partition coefficient (Wildman–Crippen LogP) is 3.81. The minimum Gasteiger partial charge on any atom is -0.316 e. The maximum absolute atomic E-state index is 2.34. The molecule has 0 heterocycles. The van der Waals surface area contributed by atoms with E-state index in [4.69, 9.17) is 0 Å². The molecule has 65 valence electrons. The Hall–Kier alpha value is 0.584. The fraction of sp³-hybridized carbons (Fsp3) is 0.900.